The van der Waals surface area contributed by atoms with Gasteiger partial charge in [-0.2, -0.15) is 20.1 Å². The molecule has 2 N–H and O–H groups in total. The van der Waals surface area contributed by atoms with Crippen molar-refractivity contribution in [3.63, 3.8) is 0 Å². The molecule has 4 aromatic rings. The van der Waals surface area contributed by atoms with Gasteiger partial charge in [0, 0.05) is 25.0 Å². The van der Waals surface area contributed by atoms with Gasteiger partial charge in [-0.05, 0) is 25.1 Å². The highest BCUT2D eigenvalue weighted by atomic mass is 35.5. The van der Waals surface area contributed by atoms with E-state index in [1.54, 1.807) is 25.4 Å². The lowest BCUT2D eigenvalue weighted by atomic mass is 10.1. The molecule has 34 heavy (non-hydrogen) atoms. The molecule has 0 aliphatic heterocycles. The number of anilines is 1. The highest BCUT2D eigenvalue weighted by molar-refractivity contribution is 6.35. The van der Waals surface area contributed by atoms with Crippen molar-refractivity contribution in [3.8, 4) is 23.3 Å². The van der Waals surface area contributed by atoms with E-state index >= 15 is 0 Å². The molecule has 11 nitrogen and oxygen atoms in total. The number of nitrogens with zero attached hydrogens (tertiary/aromatic N) is 8. The molecule has 4 rings (SSSR count). The molecule has 0 spiro atoms. The van der Waals surface area contributed by atoms with E-state index in [0.717, 1.165) is 6.07 Å². The largest absolute Gasteiger partial charge is 0.328 e. The second-order valence-electron chi connectivity index (χ2n) is 6.96. The van der Waals surface area contributed by atoms with Gasteiger partial charge in [-0.1, -0.05) is 23.2 Å². The highest BCUT2D eigenvalue weighted by Crippen LogP contribution is 2.35. The Morgan fingerprint density at radius 2 is 1.97 bits per heavy atom. The number of rotatable bonds is 5. The Kier molecular flexibility index (Phi) is 6.40. The minimum atomic E-state index is -0.718. The van der Waals surface area contributed by atoms with E-state index in [4.69, 9.17) is 23.2 Å². The van der Waals surface area contributed by atoms with Crippen LogP contribution < -0.4 is 10.6 Å². The van der Waals surface area contributed by atoms with Gasteiger partial charge in [0.05, 0.1) is 16.8 Å². The summed E-state index contributed by atoms with van der Waals surface area (Å²) < 4.78 is 17.3. The number of aromatic nitrogens is 7. The van der Waals surface area contributed by atoms with E-state index in [2.05, 4.69) is 35.8 Å². The van der Waals surface area contributed by atoms with Crippen molar-refractivity contribution < 1.29 is 9.18 Å². The molecule has 3 heterocycles. The van der Waals surface area contributed by atoms with Crippen molar-refractivity contribution in [2.45, 2.75) is 13.0 Å². The van der Waals surface area contributed by atoms with Crippen LogP contribution in [0.15, 0.2) is 36.9 Å². The number of aryl methyl sites for hydroxylation is 1. The molecule has 14 heteroatoms. The van der Waals surface area contributed by atoms with Gasteiger partial charge >= 0.3 is 6.03 Å². The molecule has 0 aliphatic carbocycles. The molecule has 0 radical (unpaired) electrons. The Morgan fingerprint density at radius 3 is 2.65 bits per heavy atom. The topological polar surface area (TPSA) is 139 Å². The zero-order valence-electron chi connectivity index (χ0n) is 17.7. The minimum Gasteiger partial charge on any atom is -0.328 e. The Morgan fingerprint density at radius 1 is 1.24 bits per heavy atom. The second-order valence-corrected chi connectivity index (χ2v) is 7.74. The van der Waals surface area contributed by atoms with Gasteiger partial charge in [-0.3, -0.25) is 4.68 Å². The number of hydrogen-bond donors (Lipinski definition) is 2. The van der Waals surface area contributed by atoms with Gasteiger partial charge < -0.3 is 10.6 Å². The number of halogens is 3. The molecule has 0 bridgehead atoms. The number of carbonyl (C=O) groups is 1. The number of amides is 2. The van der Waals surface area contributed by atoms with E-state index in [-0.39, 0.29) is 32.7 Å². The molecular weight excluding hydrogens is 486 g/mol. The summed E-state index contributed by atoms with van der Waals surface area (Å²) in [5, 5.41) is 22.6. The second kappa shape index (κ2) is 9.42. The van der Waals surface area contributed by atoms with E-state index in [1.807, 2.05) is 6.07 Å². The Balaban J connectivity index is 1.56. The van der Waals surface area contributed by atoms with Crippen molar-refractivity contribution in [2.24, 2.45) is 7.05 Å². The van der Waals surface area contributed by atoms with Gasteiger partial charge in [0.1, 0.15) is 28.9 Å². The minimum absolute atomic E-state index is 0.0160. The molecule has 172 valence electrons. The van der Waals surface area contributed by atoms with Crippen molar-refractivity contribution in [3.05, 3.63) is 64.3 Å². The van der Waals surface area contributed by atoms with Crippen LogP contribution in [-0.2, 0) is 7.05 Å². The average Bonchev–Trinajstić information content (AvgIpc) is 3.40. The zero-order chi connectivity index (χ0) is 24.4. The third kappa shape index (κ3) is 4.39. The fourth-order valence-electron chi connectivity index (χ4n) is 3.14. The average molecular weight is 501 g/mol. The van der Waals surface area contributed by atoms with Gasteiger partial charge in [0.25, 0.3) is 5.95 Å². The first-order valence-corrected chi connectivity index (χ1v) is 10.4. The Labute approximate surface area is 202 Å². The van der Waals surface area contributed by atoms with Crippen LogP contribution in [0.2, 0.25) is 10.0 Å². The molecule has 3 aromatic heterocycles. The summed E-state index contributed by atoms with van der Waals surface area (Å²) in [5.41, 5.74) is 0.188. The molecule has 0 saturated carbocycles. The predicted octanol–water partition coefficient (Wildman–Crippen LogP) is 3.66. The maximum atomic E-state index is 14.6. The molecule has 1 unspecified atom stereocenters. The number of nitrogens with one attached hydrogen (secondary N) is 2. The summed E-state index contributed by atoms with van der Waals surface area (Å²) in [6, 6.07) is 4.63. The number of hydrogen-bond acceptors (Lipinski definition) is 7. The molecule has 0 saturated heterocycles. The lowest BCUT2D eigenvalue weighted by molar-refractivity contribution is 0.248. The molecule has 0 aliphatic rings. The molecule has 1 atom stereocenters. The smallest absolute Gasteiger partial charge is 0.319 e. The van der Waals surface area contributed by atoms with Crippen molar-refractivity contribution in [1.82, 2.24) is 39.8 Å². The van der Waals surface area contributed by atoms with Crippen LogP contribution in [0.1, 0.15) is 24.5 Å². The monoisotopic (exact) mass is 500 g/mol. The Bertz CT molecular complexity index is 1410. The standard InChI is InChI=1S/C20H15Cl2FN10O/c1-10(18-27-9-28-33(18)19-25-4-3-5-26-19)29-20(34)30-14-6-11(13(23)7-12(14)21)17-16(22)15(8-24)32(2)31-17/h3-7,9-10H,1-2H3,(H2,29,30,34). The lowest BCUT2D eigenvalue weighted by Crippen LogP contribution is -2.32. The summed E-state index contributed by atoms with van der Waals surface area (Å²) in [7, 11) is 1.51. The van der Waals surface area contributed by atoms with Crippen LogP contribution in [-0.4, -0.2) is 40.5 Å². The third-order valence-electron chi connectivity index (χ3n) is 4.71. The highest BCUT2D eigenvalue weighted by Gasteiger charge is 2.22. The van der Waals surface area contributed by atoms with E-state index in [1.165, 1.54) is 28.8 Å². The third-order valence-corrected chi connectivity index (χ3v) is 5.38. The summed E-state index contributed by atoms with van der Waals surface area (Å²) >= 11 is 12.3. The first-order chi connectivity index (χ1) is 16.3. The van der Waals surface area contributed by atoms with Gasteiger partial charge in [0.2, 0.25) is 0 Å². The molecule has 1 aromatic carbocycles. The zero-order valence-corrected chi connectivity index (χ0v) is 19.2. The van der Waals surface area contributed by atoms with Crippen LogP contribution >= 0.6 is 23.2 Å². The molecule has 0 fully saturated rings. The quantitative estimate of drug-likeness (QED) is 0.426. The maximum Gasteiger partial charge on any atom is 0.319 e. The van der Waals surface area contributed by atoms with Crippen LogP contribution in [0.25, 0.3) is 17.2 Å². The summed E-state index contributed by atoms with van der Waals surface area (Å²) in [6.45, 7) is 1.69. The van der Waals surface area contributed by atoms with Gasteiger partial charge in [-0.15, -0.1) is 0 Å². The van der Waals surface area contributed by atoms with Gasteiger partial charge in [0.15, 0.2) is 11.5 Å². The normalized spacial score (nSPS) is 11.6. The first kappa shape index (κ1) is 23.1. The number of carbonyl (C=O) groups excluding carboxylic acids is 1. The SMILES string of the molecule is CC(NC(=O)Nc1cc(-c2nn(C)c(C#N)c2Cl)c(F)cc1Cl)c1ncnn1-c1ncccn1. The summed E-state index contributed by atoms with van der Waals surface area (Å²) in [6.07, 6.45) is 4.43. The maximum absolute atomic E-state index is 14.6. The van der Waals surface area contributed by atoms with Gasteiger partial charge in [-0.25, -0.2) is 24.1 Å². The van der Waals surface area contributed by atoms with Crippen LogP contribution in [0.3, 0.4) is 0 Å². The summed E-state index contributed by atoms with van der Waals surface area (Å²) in [5.74, 6) is -0.0411. The van der Waals surface area contributed by atoms with E-state index < -0.39 is 17.9 Å². The van der Waals surface area contributed by atoms with Crippen molar-refractivity contribution in [2.75, 3.05) is 5.32 Å². The fraction of sp³-hybridized carbons (Fsp3) is 0.150. The molecule has 2 amide bonds. The number of urea groups is 1. The van der Waals surface area contributed by atoms with E-state index in [0.29, 0.717) is 11.8 Å². The predicted molar refractivity (Wildman–Crippen MR) is 121 cm³/mol. The number of benzene rings is 1. The lowest BCUT2D eigenvalue weighted by Gasteiger charge is -2.15. The first-order valence-electron chi connectivity index (χ1n) is 9.67. The fourth-order valence-corrected chi connectivity index (χ4v) is 3.64. The number of nitriles is 1. The van der Waals surface area contributed by atoms with Crippen molar-refractivity contribution in [1.29, 1.82) is 5.26 Å². The van der Waals surface area contributed by atoms with E-state index in [9.17, 15) is 14.4 Å². The molecular formula is C20H15Cl2FN10O. The van der Waals surface area contributed by atoms with Crippen LogP contribution in [0.4, 0.5) is 14.9 Å². The Hall–Kier alpha value is -4.08. The van der Waals surface area contributed by atoms with Crippen LogP contribution in [0, 0.1) is 17.1 Å². The van der Waals surface area contributed by atoms with Crippen LogP contribution in [0.5, 0.6) is 0 Å². The summed E-state index contributed by atoms with van der Waals surface area (Å²) in [4.78, 5) is 25.1. The van der Waals surface area contributed by atoms with Crippen molar-refractivity contribution >= 4 is 34.9 Å².